The summed E-state index contributed by atoms with van der Waals surface area (Å²) in [5.41, 5.74) is 6.28. The highest BCUT2D eigenvalue weighted by Crippen LogP contribution is 2.32. The van der Waals surface area contributed by atoms with Gasteiger partial charge in [0.1, 0.15) is 0 Å². The van der Waals surface area contributed by atoms with Gasteiger partial charge in [-0.05, 0) is 18.9 Å². The Morgan fingerprint density at radius 2 is 1.93 bits per heavy atom. The number of para-hydroxylation sites is 1. The molecule has 5 heteroatoms. The number of halogens is 1. The first-order valence-electron chi connectivity index (χ1n) is 4.54. The van der Waals surface area contributed by atoms with E-state index in [1.54, 1.807) is 12.1 Å². The highest BCUT2D eigenvalue weighted by molar-refractivity contribution is 5.85. The van der Waals surface area contributed by atoms with Crippen LogP contribution in [0.4, 0.5) is 0 Å². The predicted molar refractivity (Wildman–Crippen MR) is 60.3 cm³/mol. The van der Waals surface area contributed by atoms with Gasteiger partial charge < -0.3 is 21.1 Å². The smallest absolute Gasteiger partial charge is 0.162 e. The molecule has 15 heavy (non-hydrogen) atoms. The van der Waals surface area contributed by atoms with Gasteiger partial charge in [0, 0.05) is 18.2 Å². The summed E-state index contributed by atoms with van der Waals surface area (Å²) in [6.45, 7) is 0.0767. The lowest BCUT2D eigenvalue weighted by atomic mass is 10.0. The van der Waals surface area contributed by atoms with Crippen molar-refractivity contribution in [3.05, 3.63) is 23.8 Å². The Balaban J connectivity index is 0.00000196. The molecule has 1 aromatic rings. The van der Waals surface area contributed by atoms with Crippen molar-refractivity contribution in [3.63, 3.8) is 0 Å². The zero-order valence-corrected chi connectivity index (χ0v) is 9.07. The van der Waals surface area contributed by atoms with Crippen LogP contribution in [0.25, 0.3) is 0 Å². The number of aliphatic hydroxyl groups is 1. The van der Waals surface area contributed by atoms with Crippen LogP contribution in [-0.4, -0.2) is 21.9 Å². The molecule has 4 nitrogen and oxygen atoms in total. The average molecular weight is 234 g/mol. The topological polar surface area (TPSA) is 86.7 Å². The summed E-state index contributed by atoms with van der Waals surface area (Å²) in [7, 11) is 0. The second-order valence-corrected chi connectivity index (χ2v) is 3.19. The van der Waals surface area contributed by atoms with Gasteiger partial charge in [0.25, 0.3) is 0 Å². The molecule has 0 saturated heterocycles. The lowest BCUT2D eigenvalue weighted by Gasteiger charge is -2.13. The van der Waals surface area contributed by atoms with Gasteiger partial charge in [-0.2, -0.15) is 0 Å². The highest BCUT2D eigenvalue weighted by atomic mass is 35.5. The van der Waals surface area contributed by atoms with Gasteiger partial charge in [0.2, 0.25) is 0 Å². The van der Waals surface area contributed by atoms with E-state index in [4.69, 9.17) is 10.8 Å². The summed E-state index contributed by atoms with van der Waals surface area (Å²) in [5, 5.41) is 27.3. The first-order valence-corrected chi connectivity index (χ1v) is 4.54. The third-order valence-corrected chi connectivity index (χ3v) is 2.12. The summed E-state index contributed by atoms with van der Waals surface area (Å²) < 4.78 is 0. The van der Waals surface area contributed by atoms with Crippen LogP contribution in [0.1, 0.15) is 24.4 Å². The zero-order valence-electron chi connectivity index (χ0n) is 8.26. The number of hydrogen-bond donors (Lipinski definition) is 4. The quantitative estimate of drug-likeness (QED) is 0.591. The summed E-state index contributed by atoms with van der Waals surface area (Å²) in [4.78, 5) is 0. The van der Waals surface area contributed by atoms with E-state index in [0.29, 0.717) is 18.4 Å². The summed E-state index contributed by atoms with van der Waals surface area (Å²) in [6.07, 6.45) is 1.16. The van der Waals surface area contributed by atoms with Crippen LogP contribution >= 0.6 is 12.4 Å². The Bertz CT molecular complexity index is 307. The van der Waals surface area contributed by atoms with E-state index in [1.165, 1.54) is 6.07 Å². The van der Waals surface area contributed by atoms with E-state index in [0.717, 1.165) is 0 Å². The molecular formula is C10H16ClNO3. The van der Waals surface area contributed by atoms with E-state index in [2.05, 4.69) is 0 Å². The SMILES string of the molecule is Cl.N[C@@H](CCCO)c1cccc(O)c1O. The van der Waals surface area contributed by atoms with Gasteiger partial charge in [-0.25, -0.2) is 0 Å². The fourth-order valence-electron chi connectivity index (χ4n) is 1.31. The normalized spacial score (nSPS) is 11.9. The van der Waals surface area contributed by atoms with Crippen molar-refractivity contribution in [1.29, 1.82) is 0 Å². The molecule has 0 unspecified atom stereocenters. The molecule has 0 aliphatic carbocycles. The monoisotopic (exact) mass is 233 g/mol. The minimum absolute atomic E-state index is 0. The summed E-state index contributed by atoms with van der Waals surface area (Å²) in [5.74, 6) is -0.333. The molecule has 0 aliphatic rings. The predicted octanol–water partition coefficient (Wildman–Crippen LogP) is 1.29. The number of phenols is 2. The first kappa shape index (κ1) is 14.0. The summed E-state index contributed by atoms with van der Waals surface area (Å²) >= 11 is 0. The highest BCUT2D eigenvalue weighted by Gasteiger charge is 2.12. The van der Waals surface area contributed by atoms with Crippen LogP contribution in [0.3, 0.4) is 0 Å². The minimum atomic E-state index is -0.353. The lowest BCUT2D eigenvalue weighted by molar-refractivity contribution is 0.279. The second-order valence-electron chi connectivity index (χ2n) is 3.19. The molecule has 0 aromatic heterocycles. The number of phenolic OH excluding ortho intramolecular Hbond substituents is 2. The average Bonchev–Trinajstić information content (AvgIpc) is 2.18. The van der Waals surface area contributed by atoms with E-state index in [1.807, 2.05) is 0 Å². The minimum Gasteiger partial charge on any atom is -0.504 e. The maximum Gasteiger partial charge on any atom is 0.162 e. The molecule has 1 rings (SSSR count). The Kier molecular flexibility index (Phi) is 6.08. The van der Waals surface area contributed by atoms with Gasteiger partial charge in [0.05, 0.1) is 0 Å². The fourth-order valence-corrected chi connectivity index (χ4v) is 1.31. The number of benzene rings is 1. The Hall–Kier alpha value is -0.970. The number of hydrogen-bond acceptors (Lipinski definition) is 4. The summed E-state index contributed by atoms with van der Waals surface area (Å²) in [6, 6.07) is 4.34. The van der Waals surface area contributed by atoms with Crippen molar-refractivity contribution < 1.29 is 15.3 Å². The number of aromatic hydroxyl groups is 2. The second kappa shape index (κ2) is 6.50. The van der Waals surface area contributed by atoms with Crippen LogP contribution in [0.15, 0.2) is 18.2 Å². The first-order chi connectivity index (χ1) is 6.66. The molecule has 0 aliphatic heterocycles. The van der Waals surface area contributed by atoms with Crippen LogP contribution in [0, 0.1) is 0 Å². The van der Waals surface area contributed by atoms with Crippen molar-refractivity contribution in [2.45, 2.75) is 18.9 Å². The van der Waals surface area contributed by atoms with E-state index in [9.17, 15) is 10.2 Å². The number of rotatable bonds is 4. The maximum absolute atomic E-state index is 9.47. The van der Waals surface area contributed by atoms with Gasteiger partial charge in [-0.15, -0.1) is 12.4 Å². The molecule has 5 N–H and O–H groups in total. The van der Waals surface area contributed by atoms with Crippen LogP contribution in [0.2, 0.25) is 0 Å². The molecule has 0 saturated carbocycles. The molecule has 0 bridgehead atoms. The van der Waals surface area contributed by atoms with Gasteiger partial charge in [-0.3, -0.25) is 0 Å². The van der Waals surface area contributed by atoms with Crippen molar-refractivity contribution in [2.24, 2.45) is 5.73 Å². The van der Waals surface area contributed by atoms with Crippen LogP contribution in [-0.2, 0) is 0 Å². The third kappa shape index (κ3) is 3.58. The molecule has 0 amide bonds. The van der Waals surface area contributed by atoms with Gasteiger partial charge in [-0.1, -0.05) is 12.1 Å². The lowest BCUT2D eigenvalue weighted by Crippen LogP contribution is -2.10. The zero-order chi connectivity index (χ0) is 10.6. The van der Waals surface area contributed by atoms with Gasteiger partial charge in [0.15, 0.2) is 11.5 Å². The van der Waals surface area contributed by atoms with E-state index in [-0.39, 0.29) is 36.6 Å². The van der Waals surface area contributed by atoms with E-state index < -0.39 is 0 Å². The molecule has 0 heterocycles. The molecule has 0 fully saturated rings. The number of nitrogens with two attached hydrogens (primary N) is 1. The Morgan fingerprint density at radius 1 is 1.27 bits per heavy atom. The van der Waals surface area contributed by atoms with Crippen molar-refractivity contribution in [2.75, 3.05) is 6.61 Å². The Morgan fingerprint density at radius 3 is 2.53 bits per heavy atom. The molecule has 1 aromatic carbocycles. The molecule has 0 radical (unpaired) electrons. The molecular weight excluding hydrogens is 218 g/mol. The number of aliphatic hydroxyl groups excluding tert-OH is 1. The standard InChI is InChI=1S/C10H15NO3.ClH/c11-8(4-2-6-12)7-3-1-5-9(13)10(7)14;/h1,3,5,8,12-14H,2,4,6,11H2;1H/t8-;/m0./s1. The molecule has 1 atom stereocenters. The fraction of sp³-hybridized carbons (Fsp3) is 0.400. The maximum atomic E-state index is 9.47. The Labute approximate surface area is 94.8 Å². The van der Waals surface area contributed by atoms with Crippen LogP contribution in [0.5, 0.6) is 11.5 Å². The van der Waals surface area contributed by atoms with Crippen molar-refractivity contribution >= 4 is 12.4 Å². The van der Waals surface area contributed by atoms with Crippen LogP contribution < -0.4 is 5.73 Å². The molecule has 0 spiro atoms. The van der Waals surface area contributed by atoms with Gasteiger partial charge >= 0.3 is 0 Å². The van der Waals surface area contributed by atoms with E-state index >= 15 is 0 Å². The van der Waals surface area contributed by atoms with Crippen molar-refractivity contribution in [1.82, 2.24) is 0 Å². The largest absolute Gasteiger partial charge is 0.504 e. The molecule has 86 valence electrons. The van der Waals surface area contributed by atoms with Crippen molar-refractivity contribution in [3.8, 4) is 11.5 Å². The third-order valence-electron chi connectivity index (χ3n) is 2.12.